The standard InChI is InChI=1S/C23H16ClN5O3/c1-31-16-6-7-20-17(10-16)18(12-29(20)11-14-2-4-15(24)5-3-14)21(30)23-28-27-22(32-23)19-8-9-25-13-26-19/h2-10,12-13H,11H2,1H3. The molecule has 0 atom stereocenters. The van der Waals surface area contributed by atoms with E-state index in [0.29, 0.717) is 28.6 Å². The van der Waals surface area contributed by atoms with Crippen molar-refractivity contribution in [2.45, 2.75) is 6.54 Å². The van der Waals surface area contributed by atoms with E-state index in [1.807, 2.05) is 47.0 Å². The summed E-state index contributed by atoms with van der Waals surface area (Å²) in [6, 6.07) is 14.8. The molecule has 0 bridgehead atoms. The smallest absolute Gasteiger partial charge is 0.289 e. The number of ether oxygens (including phenoxy) is 1. The fourth-order valence-corrected chi connectivity index (χ4v) is 3.58. The van der Waals surface area contributed by atoms with Crippen molar-refractivity contribution in [2.75, 3.05) is 7.11 Å². The quantitative estimate of drug-likeness (QED) is 0.357. The van der Waals surface area contributed by atoms with E-state index < -0.39 is 0 Å². The second-order valence-corrected chi connectivity index (χ2v) is 7.45. The summed E-state index contributed by atoms with van der Waals surface area (Å²) in [4.78, 5) is 21.3. The Balaban J connectivity index is 1.56. The van der Waals surface area contributed by atoms with Crippen molar-refractivity contribution in [1.29, 1.82) is 0 Å². The first-order chi connectivity index (χ1) is 15.6. The lowest BCUT2D eigenvalue weighted by molar-refractivity contribution is 0.100. The molecule has 0 aliphatic heterocycles. The number of ketones is 1. The lowest BCUT2D eigenvalue weighted by Crippen LogP contribution is -2.02. The molecule has 9 heteroatoms. The Morgan fingerprint density at radius 2 is 1.97 bits per heavy atom. The van der Waals surface area contributed by atoms with Gasteiger partial charge >= 0.3 is 0 Å². The molecular formula is C23H16ClN5O3. The summed E-state index contributed by atoms with van der Waals surface area (Å²) >= 11 is 6.01. The topological polar surface area (TPSA) is 95.9 Å². The maximum absolute atomic E-state index is 13.3. The Bertz CT molecular complexity index is 1410. The first-order valence-electron chi connectivity index (χ1n) is 9.68. The zero-order valence-electron chi connectivity index (χ0n) is 16.9. The number of methoxy groups -OCH3 is 1. The van der Waals surface area contributed by atoms with Gasteiger partial charge in [0.2, 0.25) is 0 Å². The summed E-state index contributed by atoms with van der Waals surface area (Å²) in [5, 5.41) is 9.29. The van der Waals surface area contributed by atoms with Crippen LogP contribution < -0.4 is 4.74 Å². The van der Waals surface area contributed by atoms with Crippen molar-refractivity contribution in [2.24, 2.45) is 0 Å². The molecule has 0 fully saturated rings. The van der Waals surface area contributed by atoms with Crippen LogP contribution in [-0.2, 0) is 6.54 Å². The zero-order valence-corrected chi connectivity index (χ0v) is 17.7. The molecule has 2 aromatic carbocycles. The SMILES string of the molecule is COc1ccc2c(c1)c(C(=O)c1nnc(-c3ccncn3)o1)cn2Cc1ccc(Cl)cc1. The number of carbonyl (C=O) groups excluding carboxylic acids is 1. The molecule has 0 unspecified atom stereocenters. The van der Waals surface area contributed by atoms with Gasteiger partial charge in [0, 0.05) is 34.9 Å². The molecule has 0 N–H and O–H groups in total. The van der Waals surface area contributed by atoms with Crippen LogP contribution in [0.4, 0.5) is 0 Å². The highest BCUT2D eigenvalue weighted by molar-refractivity contribution is 6.30. The first kappa shape index (κ1) is 19.9. The summed E-state index contributed by atoms with van der Waals surface area (Å²) < 4.78 is 13.0. The lowest BCUT2D eigenvalue weighted by Gasteiger charge is -2.06. The zero-order chi connectivity index (χ0) is 22.1. The number of aromatic nitrogens is 5. The minimum atomic E-state index is -0.383. The van der Waals surface area contributed by atoms with Gasteiger partial charge in [-0.25, -0.2) is 9.97 Å². The average molecular weight is 446 g/mol. The normalized spacial score (nSPS) is 11.1. The van der Waals surface area contributed by atoms with Crippen molar-refractivity contribution in [3.63, 3.8) is 0 Å². The van der Waals surface area contributed by atoms with E-state index >= 15 is 0 Å². The fraction of sp³-hybridized carbons (Fsp3) is 0.0870. The van der Waals surface area contributed by atoms with Gasteiger partial charge < -0.3 is 13.7 Å². The second kappa shape index (κ2) is 8.24. The number of rotatable bonds is 6. The Morgan fingerprint density at radius 3 is 2.72 bits per heavy atom. The van der Waals surface area contributed by atoms with Crippen molar-refractivity contribution in [1.82, 2.24) is 24.7 Å². The Hall–Kier alpha value is -4.04. The van der Waals surface area contributed by atoms with Gasteiger partial charge in [-0.05, 0) is 42.0 Å². The number of carbonyl (C=O) groups is 1. The van der Waals surface area contributed by atoms with Gasteiger partial charge in [-0.2, -0.15) is 0 Å². The van der Waals surface area contributed by atoms with E-state index in [4.69, 9.17) is 20.8 Å². The van der Waals surface area contributed by atoms with Crippen LogP contribution in [0.2, 0.25) is 5.02 Å². The van der Waals surface area contributed by atoms with E-state index in [1.54, 1.807) is 25.6 Å². The minimum Gasteiger partial charge on any atom is -0.497 e. The Kier molecular flexibility index (Phi) is 5.12. The molecule has 5 aromatic rings. The molecule has 3 heterocycles. The van der Waals surface area contributed by atoms with Crippen LogP contribution in [0.15, 0.2) is 71.7 Å². The van der Waals surface area contributed by atoms with Crippen LogP contribution in [0, 0.1) is 0 Å². The molecule has 8 nitrogen and oxygen atoms in total. The number of nitrogens with zero attached hydrogens (tertiary/aromatic N) is 5. The van der Waals surface area contributed by atoms with Crippen molar-refractivity contribution in [3.8, 4) is 17.3 Å². The van der Waals surface area contributed by atoms with Crippen LogP contribution in [-0.4, -0.2) is 37.6 Å². The van der Waals surface area contributed by atoms with Gasteiger partial charge in [0.25, 0.3) is 17.6 Å². The monoisotopic (exact) mass is 445 g/mol. The van der Waals surface area contributed by atoms with E-state index in [1.165, 1.54) is 6.33 Å². The van der Waals surface area contributed by atoms with Crippen LogP contribution in [0.1, 0.15) is 21.8 Å². The number of fused-ring (bicyclic) bond motifs is 1. The van der Waals surface area contributed by atoms with Crippen molar-refractivity contribution < 1.29 is 13.9 Å². The van der Waals surface area contributed by atoms with Gasteiger partial charge in [0.15, 0.2) is 0 Å². The van der Waals surface area contributed by atoms with Gasteiger partial charge in [0.1, 0.15) is 17.8 Å². The lowest BCUT2D eigenvalue weighted by atomic mass is 10.1. The molecule has 0 saturated heterocycles. The molecular weight excluding hydrogens is 430 g/mol. The molecule has 158 valence electrons. The van der Waals surface area contributed by atoms with Gasteiger partial charge in [-0.1, -0.05) is 23.7 Å². The highest BCUT2D eigenvalue weighted by Crippen LogP contribution is 2.29. The van der Waals surface area contributed by atoms with E-state index in [9.17, 15) is 4.79 Å². The fourth-order valence-electron chi connectivity index (χ4n) is 3.45. The third-order valence-corrected chi connectivity index (χ3v) is 5.27. The predicted octanol–water partition coefficient (Wildman–Crippen LogP) is 4.42. The summed E-state index contributed by atoms with van der Waals surface area (Å²) in [5.41, 5.74) is 2.80. The van der Waals surface area contributed by atoms with Crippen molar-refractivity contribution >= 4 is 28.3 Å². The van der Waals surface area contributed by atoms with Crippen molar-refractivity contribution in [3.05, 3.63) is 89.3 Å². The second-order valence-electron chi connectivity index (χ2n) is 7.02. The highest BCUT2D eigenvalue weighted by Gasteiger charge is 2.23. The van der Waals surface area contributed by atoms with Crippen LogP contribution in [0.3, 0.4) is 0 Å². The Labute approximate surface area is 187 Å². The third kappa shape index (κ3) is 3.72. The molecule has 5 rings (SSSR count). The maximum atomic E-state index is 13.3. The molecule has 0 saturated carbocycles. The number of benzene rings is 2. The van der Waals surface area contributed by atoms with E-state index in [2.05, 4.69) is 20.2 Å². The molecule has 0 amide bonds. The molecule has 0 radical (unpaired) electrons. The van der Waals surface area contributed by atoms with Crippen LogP contribution in [0.5, 0.6) is 5.75 Å². The summed E-state index contributed by atoms with van der Waals surface area (Å²) in [6.07, 6.45) is 4.72. The minimum absolute atomic E-state index is 0.119. The Morgan fingerprint density at radius 1 is 1.12 bits per heavy atom. The molecule has 0 aliphatic carbocycles. The maximum Gasteiger partial charge on any atom is 0.289 e. The third-order valence-electron chi connectivity index (χ3n) is 5.02. The number of hydrogen-bond donors (Lipinski definition) is 0. The molecule has 3 aromatic heterocycles. The number of hydrogen-bond acceptors (Lipinski definition) is 7. The van der Waals surface area contributed by atoms with Crippen LogP contribution >= 0.6 is 11.6 Å². The van der Waals surface area contributed by atoms with Gasteiger partial charge in [-0.15, -0.1) is 10.2 Å². The molecule has 0 aliphatic rings. The summed E-state index contributed by atoms with van der Waals surface area (Å²) in [5.74, 6) is 0.291. The first-order valence-corrected chi connectivity index (χ1v) is 10.1. The van der Waals surface area contributed by atoms with E-state index in [0.717, 1.165) is 16.5 Å². The largest absolute Gasteiger partial charge is 0.497 e. The summed E-state index contributed by atoms with van der Waals surface area (Å²) in [7, 11) is 1.58. The highest BCUT2D eigenvalue weighted by atomic mass is 35.5. The van der Waals surface area contributed by atoms with Gasteiger partial charge in [0.05, 0.1) is 12.7 Å². The van der Waals surface area contributed by atoms with Crippen LogP contribution in [0.25, 0.3) is 22.5 Å². The average Bonchev–Trinajstić information content (AvgIpc) is 3.46. The molecule has 32 heavy (non-hydrogen) atoms. The molecule has 0 spiro atoms. The predicted molar refractivity (Wildman–Crippen MR) is 118 cm³/mol. The summed E-state index contributed by atoms with van der Waals surface area (Å²) in [6.45, 7) is 0.559. The van der Waals surface area contributed by atoms with E-state index in [-0.39, 0.29) is 17.6 Å². The number of halogens is 1. The van der Waals surface area contributed by atoms with Gasteiger partial charge in [-0.3, -0.25) is 4.79 Å².